The number of aromatic nitrogens is 1. The molecular formula is C30H45NO2. The second kappa shape index (κ2) is 9.68. The lowest BCUT2D eigenvalue weighted by atomic mass is 9.79. The summed E-state index contributed by atoms with van der Waals surface area (Å²) >= 11 is 0. The third kappa shape index (κ3) is 5.55. The summed E-state index contributed by atoms with van der Waals surface area (Å²) in [5, 5.41) is 0. The molecule has 1 heterocycles. The van der Waals surface area contributed by atoms with E-state index in [1.165, 1.54) is 48.8 Å². The summed E-state index contributed by atoms with van der Waals surface area (Å²) in [6.45, 7) is 20.4. The summed E-state index contributed by atoms with van der Waals surface area (Å²) in [5.41, 5.74) is 6.83. The van der Waals surface area contributed by atoms with Gasteiger partial charge in [-0.2, -0.15) is 0 Å². The molecule has 3 nitrogen and oxygen atoms in total. The first-order valence-electron chi connectivity index (χ1n) is 12.9. The van der Waals surface area contributed by atoms with Gasteiger partial charge in [-0.3, -0.25) is 0 Å². The number of rotatable bonds is 5. The minimum Gasteiger partial charge on any atom is -0.462 e. The van der Waals surface area contributed by atoms with Crippen molar-refractivity contribution in [3.63, 3.8) is 0 Å². The monoisotopic (exact) mass is 451 g/mol. The summed E-state index contributed by atoms with van der Waals surface area (Å²) in [6.07, 6.45) is 6.49. The molecule has 1 fully saturated rings. The number of esters is 1. The molecule has 0 saturated heterocycles. The Hall–Kier alpha value is -2.03. The van der Waals surface area contributed by atoms with Crippen LogP contribution in [0.1, 0.15) is 121 Å². The quantitative estimate of drug-likeness (QED) is 0.427. The van der Waals surface area contributed by atoms with Gasteiger partial charge in [-0.15, -0.1) is 0 Å². The number of hydrogen-bond acceptors (Lipinski definition) is 2. The van der Waals surface area contributed by atoms with Crippen LogP contribution in [-0.2, 0) is 15.6 Å². The van der Waals surface area contributed by atoms with Crippen molar-refractivity contribution >= 4 is 5.97 Å². The first-order chi connectivity index (χ1) is 15.3. The molecule has 1 aliphatic carbocycles. The van der Waals surface area contributed by atoms with Crippen LogP contribution < -0.4 is 0 Å². The first kappa shape index (κ1) is 25.6. The maximum atomic E-state index is 12.9. The predicted octanol–water partition coefficient (Wildman–Crippen LogP) is 8.38. The summed E-state index contributed by atoms with van der Waals surface area (Å²) in [7, 11) is 0. The highest BCUT2D eigenvalue weighted by Gasteiger charge is 2.29. The molecule has 0 bridgehead atoms. The van der Waals surface area contributed by atoms with Crippen molar-refractivity contribution in [1.82, 2.24) is 4.57 Å². The molecule has 0 N–H and O–H groups in total. The minimum absolute atomic E-state index is 0.0431. The summed E-state index contributed by atoms with van der Waals surface area (Å²) in [6, 6.07) is 9.47. The van der Waals surface area contributed by atoms with E-state index in [2.05, 4.69) is 84.2 Å². The van der Waals surface area contributed by atoms with E-state index in [1.54, 1.807) is 0 Å². The van der Waals surface area contributed by atoms with Crippen LogP contribution in [0.2, 0.25) is 0 Å². The van der Waals surface area contributed by atoms with Gasteiger partial charge in [0.2, 0.25) is 0 Å². The molecule has 1 atom stereocenters. The Morgan fingerprint density at radius 1 is 0.970 bits per heavy atom. The van der Waals surface area contributed by atoms with Crippen LogP contribution in [0.3, 0.4) is 0 Å². The van der Waals surface area contributed by atoms with Crippen LogP contribution >= 0.6 is 0 Å². The molecule has 1 saturated carbocycles. The predicted molar refractivity (Wildman–Crippen MR) is 139 cm³/mol. The maximum absolute atomic E-state index is 12.9. The number of carbonyl (C=O) groups excluding carboxylic acids is 1. The Balaban J connectivity index is 2.24. The summed E-state index contributed by atoms with van der Waals surface area (Å²) < 4.78 is 7.88. The van der Waals surface area contributed by atoms with E-state index in [0.717, 1.165) is 11.4 Å². The van der Waals surface area contributed by atoms with Crippen LogP contribution in [0, 0.1) is 12.8 Å². The van der Waals surface area contributed by atoms with Gasteiger partial charge < -0.3 is 9.30 Å². The minimum atomic E-state index is -0.214. The summed E-state index contributed by atoms with van der Waals surface area (Å²) in [5.74, 6) is 0.431. The standard InChI is InChI=1S/C30H45NO2/c1-10-33-28(32)26-19-27(31(21(26)3)20(2)22-14-12-11-13-15-22)23-16-24(29(4,5)6)18-25(17-23)30(7,8)9/h16-20,22H,10-15H2,1-9H3. The number of carbonyl (C=O) groups is 1. The average molecular weight is 452 g/mol. The molecule has 2 aromatic rings. The van der Waals surface area contributed by atoms with Crippen LogP contribution in [0.15, 0.2) is 24.3 Å². The molecule has 0 radical (unpaired) electrons. The van der Waals surface area contributed by atoms with Crippen LogP contribution in [0.5, 0.6) is 0 Å². The lowest BCUT2D eigenvalue weighted by molar-refractivity contribution is 0.0525. The van der Waals surface area contributed by atoms with Gasteiger partial charge in [0.05, 0.1) is 12.2 Å². The van der Waals surface area contributed by atoms with Gasteiger partial charge in [0.25, 0.3) is 0 Å². The van der Waals surface area contributed by atoms with Gasteiger partial charge in [0.1, 0.15) is 0 Å². The van der Waals surface area contributed by atoms with Crippen molar-refractivity contribution in [2.75, 3.05) is 6.61 Å². The highest BCUT2D eigenvalue weighted by Crippen LogP contribution is 2.40. The molecule has 0 spiro atoms. The molecule has 1 aromatic carbocycles. The number of hydrogen-bond donors (Lipinski definition) is 0. The van der Waals surface area contributed by atoms with Gasteiger partial charge in [-0.1, -0.05) is 66.9 Å². The van der Waals surface area contributed by atoms with Gasteiger partial charge in [0, 0.05) is 17.4 Å². The largest absolute Gasteiger partial charge is 0.462 e. The number of benzene rings is 1. The van der Waals surface area contributed by atoms with E-state index in [-0.39, 0.29) is 16.8 Å². The Kier molecular flexibility index (Phi) is 7.51. The van der Waals surface area contributed by atoms with Crippen LogP contribution in [0.4, 0.5) is 0 Å². The maximum Gasteiger partial charge on any atom is 0.339 e. The van der Waals surface area contributed by atoms with E-state index in [4.69, 9.17) is 4.74 Å². The molecule has 33 heavy (non-hydrogen) atoms. The smallest absolute Gasteiger partial charge is 0.339 e. The topological polar surface area (TPSA) is 31.2 Å². The van der Waals surface area contributed by atoms with Gasteiger partial charge in [0.15, 0.2) is 0 Å². The molecule has 1 aliphatic rings. The Labute approximate surface area is 201 Å². The SMILES string of the molecule is CCOC(=O)c1cc(-c2cc(C(C)(C)C)cc(C(C)(C)C)c2)n(C(C)C2CCCCC2)c1C. The lowest BCUT2D eigenvalue weighted by Gasteiger charge is -2.32. The molecule has 1 unspecified atom stereocenters. The molecule has 182 valence electrons. The fraction of sp³-hybridized carbons (Fsp3) is 0.633. The van der Waals surface area contributed by atoms with Crippen molar-refractivity contribution in [2.45, 2.75) is 111 Å². The Bertz CT molecular complexity index is 946. The zero-order chi connectivity index (χ0) is 24.6. The zero-order valence-corrected chi connectivity index (χ0v) is 22.5. The molecule has 3 heteroatoms. The van der Waals surface area contributed by atoms with E-state index in [1.807, 2.05) is 6.92 Å². The average Bonchev–Trinajstić information content (AvgIpc) is 3.09. The van der Waals surface area contributed by atoms with Gasteiger partial charge >= 0.3 is 5.97 Å². The van der Waals surface area contributed by atoms with Crippen molar-refractivity contribution < 1.29 is 9.53 Å². The first-order valence-corrected chi connectivity index (χ1v) is 12.9. The van der Waals surface area contributed by atoms with Crippen molar-refractivity contribution in [3.05, 3.63) is 46.6 Å². The van der Waals surface area contributed by atoms with E-state index < -0.39 is 0 Å². The van der Waals surface area contributed by atoms with Crippen LogP contribution in [0.25, 0.3) is 11.3 Å². The highest BCUT2D eigenvalue weighted by atomic mass is 16.5. The van der Waals surface area contributed by atoms with Crippen LogP contribution in [-0.4, -0.2) is 17.1 Å². The van der Waals surface area contributed by atoms with Gasteiger partial charge in [-0.25, -0.2) is 4.79 Å². The highest BCUT2D eigenvalue weighted by molar-refractivity contribution is 5.93. The Morgan fingerprint density at radius 2 is 1.52 bits per heavy atom. The zero-order valence-electron chi connectivity index (χ0n) is 22.5. The number of nitrogens with zero attached hydrogens (tertiary/aromatic N) is 1. The number of ether oxygens (including phenoxy) is 1. The molecule has 1 aromatic heterocycles. The van der Waals surface area contributed by atoms with E-state index >= 15 is 0 Å². The second-order valence-corrected chi connectivity index (χ2v) is 12.1. The van der Waals surface area contributed by atoms with E-state index in [9.17, 15) is 4.79 Å². The third-order valence-electron chi connectivity index (χ3n) is 7.49. The van der Waals surface area contributed by atoms with Crippen molar-refractivity contribution in [1.29, 1.82) is 0 Å². The van der Waals surface area contributed by atoms with Gasteiger partial charge in [-0.05, 0) is 85.3 Å². The van der Waals surface area contributed by atoms with Crippen molar-refractivity contribution in [3.8, 4) is 11.3 Å². The fourth-order valence-electron chi connectivity index (χ4n) is 5.25. The second-order valence-electron chi connectivity index (χ2n) is 12.1. The van der Waals surface area contributed by atoms with E-state index in [0.29, 0.717) is 24.1 Å². The lowest BCUT2D eigenvalue weighted by Crippen LogP contribution is -2.21. The fourth-order valence-corrected chi connectivity index (χ4v) is 5.25. The Morgan fingerprint density at radius 3 is 2.00 bits per heavy atom. The summed E-state index contributed by atoms with van der Waals surface area (Å²) in [4.78, 5) is 12.9. The normalized spacial score (nSPS) is 16.6. The van der Waals surface area contributed by atoms with Crippen molar-refractivity contribution in [2.24, 2.45) is 5.92 Å². The molecular weight excluding hydrogens is 406 g/mol. The molecule has 0 aliphatic heterocycles. The molecule has 0 amide bonds. The third-order valence-corrected chi connectivity index (χ3v) is 7.49. The molecule has 3 rings (SSSR count).